The molecule has 3 aromatic heterocycles. The van der Waals surface area contributed by atoms with E-state index in [1.807, 2.05) is 48.3 Å². The molecule has 5 aromatic rings. The molecule has 3 N–H and O–H groups in total. The maximum atomic E-state index is 15.0. The molecule has 0 aliphatic heterocycles. The van der Waals surface area contributed by atoms with Crippen LogP contribution < -0.4 is 11.1 Å². The van der Waals surface area contributed by atoms with E-state index < -0.39 is 11.7 Å². The van der Waals surface area contributed by atoms with Gasteiger partial charge in [0.2, 0.25) is 5.82 Å². The van der Waals surface area contributed by atoms with Crippen molar-refractivity contribution in [1.82, 2.24) is 34.8 Å². The van der Waals surface area contributed by atoms with Crippen molar-refractivity contribution in [1.29, 1.82) is 0 Å². The molecule has 0 radical (unpaired) electrons. The first-order chi connectivity index (χ1) is 18.4. The Hall–Kier alpha value is -4.64. The number of methoxy groups -OCH3 is 1. The summed E-state index contributed by atoms with van der Waals surface area (Å²) >= 11 is 0. The number of fused-ring (bicyclic) bond motifs is 1. The van der Waals surface area contributed by atoms with E-state index in [2.05, 4.69) is 25.5 Å². The number of aromatic nitrogens is 6. The number of rotatable bonds is 9. The molecule has 0 saturated heterocycles. The van der Waals surface area contributed by atoms with E-state index in [4.69, 9.17) is 10.5 Å². The lowest BCUT2D eigenvalue weighted by atomic mass is 10.1. The Morgan fingerprint density at radius 1 is 1.08 bits per heavy atom. The molecule has 10 nitrogen and oxygen atoms in total. The number of hydrogen-bond donors (Lipinski definition) is 2. The van der Waals surface area contributed by atoms with Gasteiger partial charge in [0.1, 0.15) is 18.2 Å². The first-order valence-electron chi connectivity index (χ1n) is 12.0. The molecular weight excluding hydrogens is 487 g/mol. The number of benzene rings is 2. The van der Waals surface area contributed by atoms with Crippen LogP contribution in [0.2, 0.25) is 0 Å². The van der Waals surface area contributed by atoms with Gasteiger partial charge >= 0.3 is 0 Å². The predicted octanol–water partition coefficient (Wildman–Crippen LogP) is 3.23. The van der Waals surface area contributed by atoms with E-state index in [1.54, 1.807) is 30.0 Å². The summed E-state index contributed by atoms with van der Waals surface area (Å²) in [4.78, 5) is 21.2. The molecule has 194 valence electrons. The molecule has 1 amide bonds. The zero-order valence-corrected chi connectivity index (χ0v) is 21.1. The summed E-state index contributed by atoms with van der Waals surface area (Å²) in [5, 5.41) is 12.3. The molecule has 0 atom stereocenters. The highest BCUT2D eigenvalue weighted by Gasteiger charge is 2.18. The van der Waals surface area contributed by atoms with Gasteiger partial charge in [-0.15, -0.1) is 5.10 Å². The Labute approximate surface area is 218 Å². The number of halogens is 1. The van der Waals surface area contributed by atoms with Crippen molar-refractivity contribution in [2.24, 2.45) is 0 Å². The average molecular weight is 515 g/mol. The summed E-state index contributed by atoms with van der Waals surface area (Å²) in [6.45, 7) is 3.25. The molecule has 2 aromatic carbocycles. The number of nitrogens with two attached hydrogens (primary N) is 1. The van der Waals surface area contributed by atoms with Crippen LogP contribution >= 0.6 is 0 Å². The summed E-state index contributed by atoms with van der Waals surface area (Å²) in [5.41, 5.74) is 9.37. The lowest BCUT2D eigenvalue weighted by Gasteiger charge is -2.08. The summed E-state index contributed by atoms with van der Waals surface area (Å²) in [6.07, 6.45) is 5.27. The number of anilines is 1. The molecule has 3 heterocycles. The van der Waals surface area contributed by atoms with Gasteiger partial charge in [-0.05, 0) is 29.7 Å². The fourth-order valence-electron chi connectivity index (χ4n) is 4.17. The largest absolute Gasteiger partial charge is 0.383 e. The quantitative estimate of drug-likeness (QED) is 0.309. The SMILES string of the molecule is COCc1nc(C(=O)NCc2ccc3c(N)nccc3c2F)nn1Cc1ccc(Cn2cc(C)cn2)cc1. The second-order valence-electron chi connectivity index (χ2n) is 8.99. The number of aryl methyl sites for hydroxylation is 1. The van der Waals surface area contributed by atoms with E-state index in [1.165, 1.54) is 6.20 Å². The van der Waals surface area contributed by atoms with Crippen molar-refractivity contribution < 1.29 is 13.9 Å². The van der Waals surface area contributed by atoms with E-state index >= 15 is 0 Å². The van der Waals surface area contributed by atoms with Crippen molar-refractivity contribution >= 4 is 22.5 Å². The third-order valence-corrected chi connectivity index (χ3v) is 6.12. The standard InChI is InChI=1S/C27H27FN8O2/c1-17-11-32-35(13-17)14-18-3-5-19(6-4-18)15-36-23(16-38-2)33-26(34-36)27(37)31-12-20-7-8-22-21(24(20)28)9-10-30-25(22)29/h3-11,13H,12,14-16H2,1-2H3,(H2,29,30)(H,31,37). The highest BCUT2D eigenvalue weighted by Crippen LogP contribution is 2.24. The number of nitrogens with zero attached hydrogens (tertiary/aromatic N) is 6. The van der Waals surface area contributed by atoms with E-state index in [-0.39, 0.29) is 24.8 Å². The van der Waals surface area contributed by atoms with E-state index in [9.17, 15) is 9.18 Å². The van der Waals surface area contributed by atoms with Crippen LogP contribution in [0.4, 0.5) is 10.2 Å². The van der Waals surface area contributed by atoms with Gasteiger partial charge in [-0.1, -0.05) is 36.4 Å². The molecule has 0 fully saturated rings. The van der Waals surface area contributed by atoms with Crippen LogP contribution in [0.1, 0.15) is 38.7 Å². The van der Waals surface area contributed by atoms with Gasteiger partial charge in [-0.25, -0.2) is 19.0 Å². The van der Waals surface area contributed by atoms with Gasteiger partial charge in [0.15, 0.2) is 5.82 Å². The topological polar surface area (TPSA) is 126 Å². The smallest absolute Gasteiger partial charge is 0.291 e. The van der Waals surface area contributed by atoms with Gasteiger partial charge in [-0.3, -0.25) is 9.48 Å². The lowest BCUT2D eigenvalue weighted by molar-refractivity contribution is 0.0939. The first kappa shape index (κ1) is 25.0. The number of hydrogen-bond acceptors (Lipinski definition) is 7. The van der Waals surface area contributed by atoms with Crippen molar-refractivity contribution in [3.8, 4) is 0 Å². The summed E-state index contributed by atoms with van der Waals surface area (Å²) in [7, 11) is 1.55. The van der Waals surface area contributed by atoms with Crippen molar-refractivity contribution in [3.63, 3.8) is 0 Å². The fourth-order valence-corrected chi connectivity index (χ4v) is 4.17. The Bertz CT molecular complexity index is 1590. The molecule has 38 heavy (non-hydrogen) atoms. The van der Waals surface area contributed by atoms with Gasteiger partial charge in [-0.2, -0.15) is 5.10 Å². The molecule has 0 saturated carbocycles. The zero-order chi connectivity index (χ0) is 26.6. The minimum atomic E-state index is -0.514. The van der Waals surface area contributed by atoms with Gasteiger partial charge in [0.05, 0.1) is 19.3 Å². The number of amides is 1. The van der Waals surface area contributed by atoms with Crippen LogP contribution in [0.3, 0.4) is 0 Å². The Balaban J connectivity index is 1.27. The molecular formula is C27H27FN8O2. The minimum Gasteiger partial charge on any atom is -0.383 e. The maximum absolute atomic E-state index is 15.0. The van der Waals surface area contributed by atoms with Crippen molar-refractivity contribution in [3.05, 3.63) is 101 Å². The Morgan fingerprint density at radius 3 is 2.55 bits per heavy atom. The van der Waals surface area contributed by atoms with Crippen LogP contribution in [0.15, 0.2) is 61.1 Å². The monoisotopic (exact) mass is 514 g/mol. The first-order valence-corrected chi connectivity index (χ1v) is 12.0. The third kappa shape index (κ3) is 5.37. The second kappa shape index (κ2) is 10.8. The Kier molecular flexibility index (Phi) is 7.09. The van der Waals surface area contributed by atoms with Crippen molar-refractivity contribution in [2.45, 2.75) is 33.2 Å². The maximum Gasteiger partial charge on any atom is 0.291 e. The minimum absolute atomic E-state index is 0.0163. The predicted molar refractivity (Wildman–Crippen MR) is 140 cm³/mol. The normalized spacial score (nSPS) is 11.2. The van der Waals surface area contributed by atoms with Crippen LogP contribution in [0.25, 0.3) is 10.8 Å². The second-order valence-corrected chi connectivity index (χ2v) is 8.99. The average Bonchev–Trinajstić information content (AvgIpc) is 3.51. The van der Waals surface area contributed by atoms with Crippen LogP contribution in [-0.2, 0) is 31.0 Å². The number of carbonyl (C=O) groups excluding carboxylic acids is 1. The highest BCUT2D eigenvalue weighted by atomic mass is 19.1. The molecule has 0 unspecified atom stereocenters. The lowest BCUT2D eigenvalue weighted by Crippen LogP contribution is -2.24. The zero-order valence-electron chi connectivity index (χ0n) is 21.1. The number of pyridine rings is 1. The molecule has 0 aliphatic carbocycles. The van der Waals surface area contributed by atoms with Crippen LogP contribution in [-0.4, -0.2) is 42.5 Å². The summed E-state index contributed by atoms with van der Waals surface area (Å²) < 4.78 is 23.8. The van der Waals surface area contributed by atoms with E-state index in [0.717, 1.165) is 16.7 Å². The molecule has 11 heteroatoms. The number of nitrogen functional groups attached to an aromatic ring is 1. The molecule has 0 spiro atoms. The highest BCUT2D eigenvalue weighted by molar-refractivity contribution is 5.92. The summed E-state index contributed by atoms with van der Waals surface area (Å²) in [6, 6.07) is 12.9. The third-order valence-electron chi connectivity index (χ3n) is 6.12. The fraction of sp³-hybridized carbons (Fsp3) is 0.222. The number of nitrogens with one attached hydrogen (secondary N) is 1. The molecule has 0 aliphatic rings. The van der Waals surface area contributed by atoms with Crippen LogP contribution in [0, 0.1) is 12.7 Å². The van der Waals surface area contributed by atoms with Crippen LogP contribution in [0.5, 0.6) is 0 Å². The molecule has 0 bridgehead atoms. The summed E-state index contributed by atoms with van der Waals surface area (Å²) in [5.74, 6) is -0.229. The van der Waals surface area contributed by atoms with Gasteiger partial charge in [0.25, 0.3) is 5.91 Å². The number of carbonyl (C=O) groups is 1. The van der Waals surface area contributed by atoms with Gasteiger partial charge < -0.3 is 15.8 Å². The van der Waals surface area contributed by atoms with Crippen molar-refractivity contribution in [2.75, 3.05) is 12.8 Å². The number of ether oxygens (including phenoxy) is 1. The van der Waals surface area contributed by atoms with Gasteiger partial charge in [0, 0.05) is 42.4 Å². The van der Waals surface area contributed by atoms with E-state index in [0.29, 0.717) is 35.2 Å². The molecule has 5 rings (SSSR count). The Morgan fingerprint density at radius 2 is 1.84 bits per heavy atom.